The van der Waals surface area contributed by atoms with Crippen molar-refractivity contribution in [2.45, 2.75) is 25.1 Å². The summed E-state index contributed by atoms with van der Waals surface area (Å²) in [5, 5.41) is 4.86. The lowest BCUT2D eigenvalue weighted by Crippen LogP contribution is -2.31. The van der Waals surface area contributed by atoms with E-state index in [0.717, 1.165) is 10.6 Å². The van der Waals surface area contributed by atoms with Crippen molar-refractivity contribution < 1.29 is 14.3 Å². The van der Waals surface area contributed by atoms with Gasteiger partial charge in [0.15, 0.2) is 0 Å². The van der Waals surface area contributed by atoms with Crippen molar-refractivity contribution >= 4 is 35.0 Å². The van der Waals surface area contributed by atoms with Crippen LogP contribution < -0.4 is 5.32 Å². The molecular weight excluding hydrogens is 342 g/mol. The van der Waals surface area contributed by atoms with E-state index in [-0.39, 0.29) is 24.3 Å². The summed E-state index contributed by atoms with van der Waals surface area (Å²) in [5.74, 6) is 0.739. The van der Waals surface area contributed by atoms with Crippen molar-refractivity contribution in [2.75, 3.05) is 12.9 Å². The fraction of sp³-hybridized carbons (Fsp3) is 0.333. The van der Waals surface area contributed by atoms with E-state index in [1.807, 2.05) is 23.6 Å². The fourth-order valence-electron chi connectivity index (χ4n) is 2.26. The summed E-state index contributed by atoms with van der Waals surface area (Å²) in [6.07, 6.45) is 0.144. The molecule has 24 heavy (non-hydrogen) atoms. The third kappa shape index (κ3) is 6.02. The molecule has 2 rings (SSSR count). The Labute approximate surface area is 150 Å². The predicted molar refractivity (Wildman–Crippen MR) is 99.2 cm³/mol. The highest BCUT2D eigenvalue weighted by molar-refractivity contribution is 7.99. The number of ether oxygens (including phenoxy) is 1. The first-order chi connectivity index (χ1) is 11.6. The van der Waals surface area contributed by atoms with Crippen LogP contribution >= 0.6 is 23.1 Å². The molecule has 1 N–H and O–H groups in total. The van der Waals surface area contributed by atoms with Crippen LogP contribution in [-0.2, 0) is 20.1 Å². The van der Waals surface area contributed by atoms with Crippen LogP contribution in [0.5, 0.6) is 0 Å². The van der Waals surface area contributed by atoms with Gasteiger partial charge in [0, 0.05) is 10.6 Å². The number of methoxy groups -OCH3 is 1. The number of aryl methyl sites for hydroxylation is 1. The van der Waals surface area contributed by atoms with E-state index in [9.17, 15) is 9.59 Å². The van der Waals surface area contributed by atoms with E-state index < -0.39 is 0 Å². The highest BCUT2D eigenvalue weighted by Crippen LogP contribution is 2.23. The van der Waals surface area contributed by atoms with Crippen LogP contribution in [0.1, 0.15) is 28.5 Å². The molecule has 0 saturated carbocycles. The summed E-state index contributed by atoms with van der Waals surface area (Å²) < 4.78 is 4.72. The SMILES string of the molecule is COC(=O)CC(NC(=O)CSCc1cccc(C)c1)c1cccs1. The number of carbonyl (C=O) groups is 2. The van der Waals surface area contributed by atoms with Gasteiger partial charge in [-0.3, -0.25) is 9.59 Å². The average molecular weight is 364 g/mol. The molecule has 2 aromatic rings. The summed E-state index contributed by atoms with van der Waals surface area (Å²) in [4.78, 5) is 24.7. The monoisotopic (exact) mass is 363 g/mol. The van der Waals surface area contributed by atoms with Gasteiger partial charge in [-0.15, -0.1) is 23.1 Å². The molecule has 0 aliphatic rings. The number of carbonyl (C=O) groups excluding carboxylic acids is 2. The Hall–Kier alpha value is -1.79. The molecule has 0 aliphatic heterocycles. The lowest BCUT2D eigenvalue weighted by atomic mass is 10.1. The topological polar surface area (TPSA) is 55.4 Å². The molecule has 0 aliphatic carbocycles. The van der Waals surface area contributed by atoms with E-state index in [1.165, 1.54) is 29.6 Å². The zero-order valence-corrected chi connectivity index (χ0v) is 15.4. The van der Waals surface area contributed by atoms with E-state index >= 15 is 0 Å². The van der Waals surface area contributed by atoms with Crippen LogP contribution in [0.4, 0.5) is 0 Å². The molecule has 1 aromatic heterocycles. The number of hydrogen-bond donors (Lipinski definition) is 1. The maximum atomic E-state index is 12.2. The highest BCUT2D eigenvalue weighted by atomic mass is 32.2. The van der Waals surface area contributed by atoms with Gasteiger partial charge in [0.05, 0.1) is 25.3 Å². The van der Waals surface area contributed by atoms with Crippen molar-refractivity contribution in [1.29, 1.82) is 0 Å². The van der Waals surface area contributed by atoms with Gasteiger partial charge in [-0.05, 0) is 23.9 Å². The molecule has 1 amide bonds. The minimum absolute atomic E-state index is 0.0741. The molecular formula is C18H21NO3S2. The Balaban J connectivity index is 1.85. The van der Waals surface area contributed by atoms with Gasteiger partial charge >= 0.3 is 5.97 Å². The number of amides is 1. The van der Waals surface area contributed by atoms with Crippen molar-refractivity contribution in [3.63, 3.8) is 0 Å². The quantitative estimate of drug-likeness (QED) is 0.727. The summed E-state index contributed by atoms with van der Waals surface area (Å²) in [7, 11) is 1.35. The predicted octanol–water partition coefficient (Wildman–Crippen LogP) is 3.71. The number of thioether (sulfide) groups is 1. The van der Waals surface area contributed by atoms with E-state index in [1.54, 1.807) is 11.8 Å². The minimum atomic E-state index is -0.332. The summed E-state index contributed by atoms with van der Waals surface area (Å²) in [5.41, 5.74) is 2.42. The number of rotatable bonds is 8. The van der Waals surface area contributed by atoms with E-state index in [2.05, 4.69) is 30.4 Å². The van der Waals surface area contributed by atoms with Gasteiger partial charge in [0.2, 0.25) is 5.91 Å². The van der Waals surface area contributed by atoms with Crippen LogP contribution in [0, 0.1) is 6.92 Å². The normalized spacial score (nSPS) is 11.8. The van der Waals surface area contributed by atoms with Crippen molar-refractivity contribution in [1.82, 2.24) is 5.32 Å². The first-order valence-electron chi connectivity index (χ1n) is 7.61. The molecule has 1 unspecified atom stereocenters. The van der Waals surface area contributed by atoms with Gasteiger partial charge in [-0.2, -0.15) is 0 Å². The summed E-state index contributed by atoms with van der Waals surface area (Å²) in [6, 6.07) is 11.7. The average Bonchev–Trinajstić information content (AvgIpc) is 3.08. The van der Waals surface area contributed by atoms with Crippen LogP contribution in [0.3, 0.4) is 0 Å². The molecule has 0 radical (unpaired) electrons. The third-order valence-corrected chi connectivity index (χ3v) is 5.39. The maximum Gasteiger partial charge on any atom is 0.307 e. The van der Waals surface area contributed by atoms with E-state index in [4.69, 9.17) is 4.74 Å². The van der Waals surface area contributed by atoms with Gasteiger partial charge < -0.3 is 10.1 Å². The van der Waals surface area contributed by atoms with Crippen molar-refractivity contribution in [3.05, 3.63) is 57.8 Å². The largest absolute Gasteiger partial charge is 0.469 e. The molecule has 0 spiro atoms. The zero-order chi connectivity index (χ0) is 17.4. The Morgan fingerprint density at radius 2 is 2.12 bits per heavy atom. The standard InChI is InChI=1S/C18H21NO3S2/c1-13-5-3-6-14(9-13)11-23-12-17(20)19-15(10-18(21)22-2)16-7-4-8-24-16/h3-9,15H,10-12H2,1-2H3,(H,19,20). The lowest BCUT2D eigenvalue weighted by molar-refractivity contribution is -0.141. The first-order valence-corrected chi connectivity index (χ1v) is 9.65. The second-order valence-corrected chi connectivity index (χ2v) is 7.36. The number of thiophene rings is 1. The number of benzene rings is 1. The van der Waals surface area contributed by atoms with Crippen LogP contribution in [-0.4, -0.2) is 24.7 Å². The summed E-state index contributed by atoms with van der Waals surface area (Å²) in [6.45, 7) is 2.05. The third-order valence-electron chi connectivity index (χ3n) is 3.40. The fourth-order valence-corrected chi connectivity index (χ4v) is 3.83. The van der Waals surface area contributed by atoms with Gasteiger partial charge in [0.25, 0.3) is 0 Å². The molecule has 6 heteroatoms. The molecule has 1 heterocycles. The summed E-state index contributed by atoms with van der Waals surface area (Å²) >= 11 is 3.08. The number of hydrogen-bond acceptors (Lipinski definition) is 5. The number of nitrogens with one attached hydrogen (secondary N) is 1. The van der Waals surface area contributed by atoms with Gasteiger partial charge in [-0.1, -0.05) is 35.9 Å². The van der Waals surface area contributed by atoms with Crippen LogP contribution in [0.2, 0.25) is 0 Å². The number of esters is 1. The van der Waals surface area contributed by atoms with Crippen LogP contribution in [0.15, 0.2) is 41.8 Å². The first kappa shape index (κ1) is 18.5. The maximum absolute atomic E-state index is 12.2. The molecule has 4 nitrogen and oxygen atoms in total. The van der Waals surface area contributed by atoms with Crippen molar-refractivity contribution in [2.24, 2.45) is 0 Å². The molecule has 128 valence electrons. The zero-order valence-electron chi connectivity index (χ0n) is 13.8. The van der Waals surface area contributed by atoms with Gasteiger partial charge in [-0.25, -0.2) is 0 Å². The Morgan fingerprint density at radius 1 is 1.29 bits per heavy atom. The smallest absolute Gasteiger partial charge is 0.307 e. The Kier molecular flexibility index (Phi) is 7.34. The molecule has 1 aromatic carbocycles. The molecule has 0 bridgehead atoms. The lowest BCUT2D eigenvalue weighted by Gasteiger charge is -2.16. The Bertz CT molecular complexity index is 671. The second kappa shape index (κ2) is 9.49. The van der Waals surface area contributed by atoms with Gasteiger partial charge in [0.1, 0.15) is 0 Å². The van der Waals surface area contributed by atoms with Crippen LogP contribution in [0.25, 0.3) is 0 Å². The van der Waals surface area contributed by atoms with E-state index in [0.29, 0.717) is 5.75 Å². The Morgan fingerprint density at radius 3 is 2.79 bits per heavy atom. The highest BCUT2D eigenvalue weighted by Gasteiger charge is 2.19. The second-order valence-electron chi connectivity index (χ2n) is 5.40. The van der Waals surface area contributed by atoms with Crippen molar-refractivity contribution in [3.8, 4) is 0 Å². The molecule has 0 fully saturated rings. The minimum Gasteiger partial charge on any atom is -0.469 e. The molecule has 0 saturated heterocycles. The molecule has 1 atom stereocenters.